The highest BCUT2D eigenvalue weighted by Crippen LogP contribution is 2.41. The Bertz CT molecular complexity index is 1220. The van der Waals surface area contributed by atoms with E-state index in [0.29, 0.717) is 16.5 Å². The van der Waals surface area contributed by atoms with Crippen LogP contribution in [0.15, 0.2) is 40.0 Å². The number of amides is 1. The molecular formula is C23H23F3N4O4S. The number of carbonyl (C=O) groups excluding carboxylic acids is 2. The number of hydrogen-bond donors (Lipinski definition) is 1. The number of esters is 1. The van der Waals surface area contributed by atoms with Crippen LogP contribution in [0.4, 0.5) is 18.0 Å². The fraction of sp³-hybridized carbons (Fsp3) is 0.391. The minimum atomic E-state index is -1.67. The van der Waals surface area contributed by atoms with Gasteiger partial charge in [0.05, 0.1) is 18.7 Å². The second-order valence-corrected chi connectivity index (χ2v) is 9.86. The molecule has 0 unspecified atom stereocenters. The highest BCUT2D eigenvalue weighted by atomic mass is 32.1. The van der Waals surface area contributed by atoms with Gasteiger partial charge in [0.1, 0.15) is 11.6 Å². The predicted molar refractivity (Wildman–Crippen MR) is 121 cm³/mol. The molecule has 2 atom stereocenters. The molecule has 35 heavy (non-hydrogen) atoms. The van der Waals surface area contributed by atoms with Crippen molar-refractivity contribution in [2.45, 2.75) is 44.9 Å². The lowest BCUT2D eigenvalue weighted by Gasteiger charge is -2.31. The van der Waals surface area contributed by atoms with Gasteiger partial charge in [-0.15, -0.1) is 11.3 Å². The topological polar surface area (TPSA) is 93.1 Å². The Morgan fingerprint density at radius 1 is 1.20 bits per heavy atom. The summed E-state index contributed by atoms with van der Waals surface area (Å²) >= 11 is 1.26. The van der Waals surface area contributed by atoms with Gasteiger partial charge in [-0.25, -0.2) is 27.7 Å². The van der Waals surface area contributed by atoms with Gasteiger partial charge in [-0.3, -0.25) is 4.99 Å². The number of thiazole rings is 1. The molecule has 2 aliphatic rings. The number of benzene rings is 1. The lowest BCUT2D eigenvalue weighted by Crippen LogP contribution is -2.41. The van der Waals surface area contributed by atoms with E-state index < -0.39 is 47.2 Å². The molecule has 0 saturated carbocycles. The van der Waals surface area contributed by atoms with Crippen LogP contribution in [-0.2, 0) is 14.3 Å². The van der Waals surface area contributed by atoms with E-state index in [1.807, 2.05) is 0 Å². The van der Waals surface area contributed by atoms with Crippen molar-refractivity contribution >= 4 is 29.2 Å². The summed E-state index contributed by atoms with van der Waals surface area (Å²) in [7, 11) is 1.16. The van der Waals surface area contributed by atoms with Gasteiger partial charge in [0.2, 0.25) is 0 Å². The van der Waals surface area contributed by atoms with E-state index in [1.54, 1.807) is 37.2 Å². The van der Waals surface area contributed by atoms with E-state index in [0.717, 1.165) is 19.2 Å². The molecule has 12 heteroatoms. The number of rotatable bonds is 4. The molecule has 2 aliphatic heterocycles. The molecule has 1 amide bonds. The highest BCUT2D eigenvalue weighted by Gasteiger charge is 2.43. The standard InChI is InChI=1S/C23H23F3N4O4S/c1-23(2,3)34-22(32)28-11-9-14-15(21(31)33-4)18(12-5-6-13(24)17(26)16(12)25)29-19(30(14)10-11)20-27-7-8-35-20/h5-8,11,18H,9-10H2,1-4H3,(H,28,32)/t11-,18-/m0/s1. The molecule has 3 heterocycles. The second-order valence-electron chi connectivity index (χ2n) is 8.97. The van der Waals surface area contributed by atoms with Crippen molar-refractivity contribution < 1.29 is 32.2 Å². The van der Waals surface area contributed by atoms with E-state index in [4.69, 9.17) is 9.47 Å². The smallest absolute Gasteiger partial charge is 0.407 e. The number of aliphatic imine (C=N–C) groups is 1. The number of carbonyl (C=O) groups is 2. The quantitative estimate of drug-likeness (QED) is 0.494. The number of ether oxygens (including phenoxy) is 2. The van der Waals surface area contributed by atoms with Crippen LogP contribution in [0.3, 0.4) is 0 Å². The maximum absolute atomic E-state index is 14.8. The third-order valence-corrected chi connectivity index (χ3v) is 6.14. The molecule has 1 N–H and O–H groups in total. The summed E-state index contributed by atoms with van der Waals surface area (Å²) < 4.78 is 52.9. The van der Waals surface area contributed by atoms with Gasteiger partial charge in [-0.1, -0.05) is 6.07 Å². The average Bonchev–Trinajstić information content (AvgIpc) is 3.45. The average molecular weight is 509 g/mol. The number of nitrogens with one attached hydrogen (secondary N) is 1. The summed E-state index contributed by atoms with van der Waals surface area (Å²) in [6, 6.07) is 0.0207. The molecule has 1 aromatic carbocycles. The van der Waals surface area contributed by atoms with Crippen molar-refractivity contribution in [2.24, 2.45) is 4.99 Å². The van der Waals surface area contributed by atoms with Gasteiger partial charge in [0, 0.05) is 35.8 Å². The number of methoxy groups -OCH3 is 1. The number of alkyl carbamates (subject to hydrolysis) is 1. The fourth-order valence-corrected chi connectivity index (χ4v) is 4.66. The summed E-state index contributed by atoms with van der Waals surface area (Å²) in [6.07, 6.45) is 1.08. The molecule has 0 aliphatic carbocycles. The minimum Gasteiger partial charge on any atom is -0.466 e. The summed E-state index contributed by atoms with van der Waals surface area (Å²) in [4.78, 5) is 35.8. The summed E-state index contributed by atoms with van der Waals surface area (Å²) in [5, 5.41) is 4.96. The zero-order valence-corrected chi connectivity index (χ0v) is 20.2. The van der Waals surface area contributed by atoms with Gasteiger partial charge < -0.3 is 19.7 Å². The second kappa shape index (κ2) is 9.33. The first-order valence-corrected chi connectivity index (χ1v) is 11.6. The van der Waals surface area contributed by atoms with Crippen molar-refractivity contribution in [3.63, 3.8) is 0 Å². The molecular weight excluding hydrogens is 485 g/mol. The third kappa shape index (κ3) is 4.88. The van der Waals surface area contributed by atoms with Crippen LogP contribution in [-0.4, -0.2) is 53.1 Å². The van der Waals surface area contributed by atoms with Crippen LogP contribution in [0.25, 0.3) is 0 Å². The molecule has 1 aromatic heterocycles. The zero-order valence-electron chi connectivity index (χ0n) is 19.4. The molecule has 0 bridgehead atoms. The van der Waals surface area contributed by atoms with E-state index >= 15 is 0 Å². The first-order valence-electron chi connectivity index (χ1n) is 10.7. The Kier molecular flexibility index (Phi) is 6.58. The van der Waals surface area contributed by atoms with Crippen molar-refractivity contribution in [2.75, 3.05) is 13.7 Å². The molecule has 186 valence electrons. The molecule has 2 aromatic rings. The van der Waals surface area contributed by atoms with Crippen LogP contribution in [0, 0.1) is 17.5 Å². The van der Waals surface area contributed by atoms with Crippen molar-refractivity contribution in [1.29, 1.82) is 0 Å². The van der Waals surface area contributed by atoms with Gasteiger partial charge in [0.25, 0.3) is 0 Å². The Labute approximate surface area is 203 Å². The summed E-state index contributed by atoms with van der Waals surface area (Å²) in [5.41, 5.74) is -0.665. The summed E-state index contributed by atoms with van der Waals surface area (Å²) in [6.45, 7) is 5.42. The molecule has 1 fully saturated rings. The number of halogens is 3. The highest BCUT2D eigenvalue weighted by molar-refractivity contribution is 7.11. The van der Waals surface area contributed by atoms with Crippen LogP contribution in [0.2, 0.25) is 0 Å². The van der Waals surface area contributed by atoms with Crippen LogP contribution in [0.1, 0.15) is 43.8 Å². The Morgan fingerprint density at radius 3 is 2.57 bits per heavy atom. The Balaban J connectivity index is 1.81. The fourth-order valence-electron chi connectivity index (χ4n) is 4.01. The van der Waals surface area contributed by atoms with Crippen LogP contribution < -0.4 is 5.32 Å². The Hall–Kier alpha value is -3.41. The van der Waals surface area contributed by atoms with E-state index in [-0.39, 0.29) is 24.1 Å². The first kappa shape index (κ1) is 24.7. The van der Waals surface area contributed by atoms with Crippen molar-refractivity contribution in [1.82, 2.24) is 15.2 Å². The van der Waals surface area contributed by atoms with Crippen molar-refractivity contribution in [3.05, 3.63) is 63.0 Å². The number of amidine groups is 1. The number of hydrogen-bond acceptors (Lipinski definition) is 8. The van der Waals surface area contributed by atoms with Crippen LogP contribution in [0.5, 0.6) is 0 Å². The Morgan fingerprint density at radius 2 is 1.94 bits per heavy atom. The van der Waals surface area contributed by atoms with E-state index in [9.17, 15) is 22.8 Å². The normalized spacial score (nSPS) is 19.9. The number of fused-ring (bicyclic) bond motifs is 1. The predicted octanol–water partition coefficient (Wildman–Crippen LogP) is 4.09. The van der Waals surface area contributed by atoms with Crippen molar-refractivity contribution in [3.8, 4) is 0 Å². The monoisotopic (exact) mass is 508 g/mol. The van der Waals surface area contributed by atoms with Crippen LogP contribution >= 0.6 is 11.3 Å². The minimum absolute atomic E-state index is 0.0359. The summed E-state index contributed by atoms with van der Waals surface area (Å²) in [5.74, 6) is -4.97. The van der Waals surface area contributed by atoms with Gasteiger partial charge in [-0.05, 0) is 26.8 Å². The van der Waals surface area contributed by atoms with Gasteiger partial charge >= 0.3 is 12.1 Å². The van der Waals surface area contributed by atoms with Gasteiger partial charge in [-0.2, -0.15) is 0 Å². The maximum Gasteiger partial charge on any atom is 0.407 e. The lowest BCUT2D eigenvalue weighted by atomic mass is 9.94. The maximum atomic E-state index is 14.8. The lowest BCUT2D eigenvalue weighted by molar-refractivity contribution is -0.136. The third-order valence-electron chi connectivity index (χ3n) is 5.37. The number of aromatic nitrogens is 1. The first-order chi connectivity index (χ1) is 16.5. The van der Waals surface area contributed by atoms with Gasteiger partial charge in [0.15, 0.2) is 28.3 Å². The molecule has 8 nitrogen and oxygen atoms in total. The SMILES string of the molecule is COC(=O)C1=C2C[C@H](NC(=O)OC(C)(C)C)CN2C(c2nccs2)=N[C@H]1c1ccc(F)c(F)c1F. The molecule has 0 radical (unpaired) electrons. The van der Waals surface area contributed by atoms with E-state index in [2.05, 4.69) is 15.3 Å². The molecule has 1 saturated heterocycles. The van der Waals surface area contributed by atoms with E-state index in [1.165, 1.54) is 11.3 Å². The molecule has 4 rings (SSSR count). The number of nitrogens with zero attached hydrogens (tertiary/aromatic N) is 3. The zero-order chi connectivity index (χ0) is 25.5. The molecule has 0 spiro atoms. The largest absolute Gasteiger partial charge is 0.466 e.